The lowest BCUT2D eigenvalue weighted by Gasteiger charge is -2.04. The maximum Gasteiger partial charge on any atom is 0.243 e. The zero-order valence-corrected chi connectivity index (χ0v) is 11.5. The largest absolute Gasteiger partial charge is 0.380 e. The molecule has 3 atom stereocenters. The Bertz CT molecular complexity index is 556. The van der Waals surface area contributed by atoms with Gasteiger partial charge in [0.05, 0.1) is 23.7 Å². The highest BCUT2D eigenvalue weighted by atomic mass is 32.2. The van der Waals surface area contributed by atoms with Crippen molar-refractivity contribution in [3.63, 3.8) is 0 Å². The molecule has 2 saturated heterocycles. The lowest BCUT2D eigenvalue weighted by atomic mass is 10.1. The fourth-order valence-corrected chi connectivity index (χ4v) is 4.36. The molecule has 0 amide bonds. The van der Waals surface area contributed by atoms with Gasteiger partial charge in [0, 0.05) is 19.6 Å². The standard InChI is InChI=1S/C11H17N3O4S/c1-17-8-4-9(12-5-8)11-13-10(14-18-11)7-2-3-19(15,16)6-7/h7-9,12H,2-6H2,1H3. The topological polar surface area (TPSA) is 94.3 Å². The van der Waals surface area contributed by atoms with E-state index in [2.05, 4.69) is 15.5 Å². The van der Waals surface area contributed by atoms with Crippen LogP contribution in [0.25, 0.3) is 0 Å². The molecule has 1 N–H and O–H groups in total. The minimum absolute atomic E-state index is 0.00390. The van der Waals surface area contributed by atoms with E-state index >= 15 is 0 Å². The minimum Gasteiger partial charge on any atom is -0.380 e. The zero-order valence-electron chi connectivity index (χ0n) is 10.7. The molecule has 0 bridgehead atoms. The van der Waals surface area contributed by atoms with Crippen molar-refractivity contribution in [1.29, 1.82) is 0 Å². The molecule has 19 heavy (non-hydrogen) atoms. The number of aromatic nitrogens is 2. The first-order chi connectivity index (χ1) is 9.07. The third-order valence-corrected chi connectivity index (χ3v) is 5.54. The smallest absolute Gasteiger partial charge is 0.243 e. The zero-order chi connectivity index (χ0) is 13.5. The molecule has 7 nitrogen and oxygen atoms in total. The normalized spacial score (nSPS) is 33.8. The second-order valence-electron chi connectivity index (χ2n) is 5.15. The SMILES string of the molecule is COC1CNC(c2nc(C3CCS(=O)(=O)C3)no2)C1. The van der Waals surface area contributed by atoms with Gasteiger partial charge in [-0.1, -0.05) is 5.16 Å². The molecule has 0 radical (unpaired) electrons. The maximum absolute atomic E-state index is 11.4. The van der Waals surface area contributed by atoms with Crippen LogP contribution in [0.5, 0.6) is 0 Å². The fourth-order valence-electron chi connectivity index (χ4n) is 2.62. The van der Waals surface area contributed by atoms with E-state index in [-0.39, 0.29) is 29.6 Å². The Balaban J connectivity index is 1.70. The molecule has 0 aromatic carbocycles. The van der Waals surface area contributed by atoms with Crippen LogP contribution in [0.3, 0.4) is 0 Å². The van der Waals surface area contributed by atoms with Crippen LogP contribution in [0.1, 0.15) is 36.5 Å². The number of sulfone groups is 1. The molecule has 3 unspecified atom stereocenters. The molecule has 0 saturated carbocycles. The highest BCUT2D eigenvalue weighted by Gasteiger charge is 2.34. The molecule has 106 valence electrons. The summed E-state index contributed by atoms with van der Waals surface area (Å²) in [6, 6.07) is 0.00390. The number of ether oxygens (including phenoxy) is 1. The highest BCUT2D eigenvalue weighted by molar-refractivity contribution is 7.91. The van der Waals surface area contributed by atoms with Gasteiger partial charge in [0.15, 0.2) is 15.7 Å². The summed E-state index contributed by atoms with van der Waals surface area (Å²) < 4.78 is 33.4. The molecule has 8 heteroatoms. The van der Waals surface area contributed by atoms with Gasteiger partial charge in [-0.3, -0.25) is 0 Å². The summed E-state index contributed by atoms with van der Waals surface area (Å²) in [5.41, 5.74) is 0. The number of nitrogens with zero attached hydrogens (tertiary/aromatic N) is 2. The van der Waals surface area contributed by atoms with Crippen LogP contribution < -0.4 is 5.32 Å². The van der Waals surface area contributed by atoms with Crippen molar-refractivity contribution in [3.8, 4) is 0 Å². The van der Waals surface area contributed by atoms with Crippen LogP contribution in [-0.4, -0.2) is 49.8 Å². The van der Waals surface area contributed by atoms with Crippen LogP contribution in [-0.2, 0) is 14.6 Å². The molecule has 1 aromatic rings. The Hall–Kier alpha value is -0.990. The van der Waals surface area contributed by atoms with E-state index in [4.69, 9.17) is 9.26 Å². The fraction of sp³-hybridized carbons (Fsp3) is 0.818. The molecule has 3 heterocycles. The maximum atomic E-state index is 11.4. The Labute approximate surface area is 111 Å². The number of hydrogen-bond donors (Lipinski definition) is 1. The summed E-state index contributed by atoms with van der Waals surface area (Å²) in [5, 5.41) is 7.18. The Morgan fingerprint density at radius 2 is 2.32 bits per heavy atom. The van der Waals surface area contributed by atoms with Gasteiger partial charge < -0.3 is 14.6 Å². The average Bonchev–Trinajstić information content (AvgIpc) is 3.05. The third kappa shape index (κ3) is 2.65. The molecular formula is C11H17N3O4S. The van der Waals surface area contributed by atoms with Gasteiger partial charge in [0.2, 0.25) is 5.89 Å². The van der Waals surface area contributed by atoms with Gasteiger partial charge in [0.1, 0.15) is 0 Å². The number of nitrogens with one attached hydrogen (secondary N) is 1. The van der Waals surface area contributed by atoms with E-state index in [0.29, 0.717) is 18.1 Å². The van der Waals surface area contributed by atoms with Crippen LogP contribution in [0.15, 0.2) is 4.52 Å². The van der Waals surface area contributed by atoms with Crippen molar-refractivity contribution in [1.82, 2.24) is 15.5 Å². The lowest BCUT2D eigenvalue weighted by molar-refractivity contribution is 0.116. The summed E-state index contributed by atoms with van der Waals surface area (Å²) >= 11 is 0. The van der Waals surface area contributed by atoms with Crippen LogP contribution >= 0.6 is 0 Å². The van der Waals surface area contributed by atoms with E-state index in [1.807, 2.05) is 0 Å². The molecule has 0 spiro atoms. The molecule has 3 rings (SSSR count). The van der Waals surface area contributed by atoms with Crippen molar-refractivity contribution >= 4 is 9.84 Å². The van der Waals surface area contributed by atoms with Gasteiger partial charge in [0.25, 0.3) is 0 Å². The van der Waals surface area contributed by atoms with Gasteiger partial charge in [-0.25, -0.2) is 8.42 Å². The summed E-state index contributed by atoms with van der Waals surface area (Å²) in [6.45, 7) is 0.761. The predicted octanol–water partition coefficient (Wildman–Crippen LogP) is 0.0211. The second kappa shape index (κ2) is 4.84. The summed E-state index contributed by atoms with van der Waals surface area (Å²) in [4.78, 5) is 4.35. The molecule has 2 aliphatic heterocycles. The Morgan fingerprint density at radius 3 is 2.95 bits per heavy atom. The van der Waals surface area contributed by atoms with Crippen LogP contribution in [0, 0.1) is 0 Å². The Kier molecular flexibility index (Phi) is 3.32. The van der Waals surface area contributed by atoms with Gasteiger partial charge in [-0.15, -0.1) is 0 Å². The quantitative estimate of drug-likeness (QED) is 0.837. The number of hydrogen-bond acceptors (Lipinski definition) is 7. The Morgan fingerprint density at radius 1 is 1.47 bits per heavy atom. The summed E-state index contributed by atoms with van der Waals surface area (Å²) in [5.74, 6) is 1.26. The summed E-state index contributed by atoms with van der Waals surface area (Å²) in [7, 11) is -1.25. The highest BCUT2D eigenvalue weighted by Crippen LogP contribution is 2.29. The van der Waals surface area contributed by atoms with Crippen molar-refractivity contribution in [2.45, 2.75) is 30.9 Å². The lowest BCUT2D eigenvalue weighted by Crippen LogP contribution is -2.16. The molecular weight excluding hydrogens is 270 g/mol. The van der Waals surface area contributed by atoms with E-state index < -0.39 is 9.84 Å². The van der Waals surface area contributed by atoms with Gasteiger partial charge in [-0.05, 0) is 12.8 Å². The monoisotopic (exact) mass is 287 g/mol. The summed E-state index contributed by atoms with van der Waals surface area (Å²) in [6.07, 6.45) is 1.54. The average molecular weight is 287 g/mol. The molecule has 0 aliphatic carbocycles. The van der Waals surface area contributed by atoms with E-state index in [1.165, 1.54) is 0 Å². The van der Waals surface area contributed by atoms with Crippen LogP contribution in [0.4, 0.5) is 0 Å². The first-order valence-electron chi connectivity index (χ1n) is 6.37. The first-order valence-corrected chi connectivity index (χ1v) is 8.19. The third-order valence-electron chi connectivity index (χ3n) is 3.78. The minimum atomic E-state index is -2.92. The van der Waals surface area contributed by atoms with Crippen molar-refractivity contribution in [2.24, 2.45) is 0 Å². The number of rotatable bonds is 3. The van der Waals surface area contributed by atoms with Gasteiger partial charge >= 0.3 is 0 Å². The molecule has 2 aliphatic rings. The van der Waals surface area contributed by atoms with E-state index in [0.717, 1.165) is 13.0 Å². The van der Waals surface area contributed by atoms with Gasteiger partial charge in [-0.2, -0.15) is 4.98 Å². The van der Waals surface area contributed by atoms with Crippen molar-refractivity contribution < 1.29 is 17.7 Å². The molecule has 1 aromatic heterocycles. The van der Waals surface area contributed by atoms with E-state index in [9.17, 15) is 8.42 Å². The van der Waals surface area contributed by atoms with E-state index in [1.54, 1.807) is 7.11 Å². The second-order valence-corrected chi connectivity index (χ2v) is 7.37. The first kappa shape index (κ1) is 13.0. The number of methoxy groups -OCH3 is 1. The molecule has 2 fully saturated rings. The van der Waals surface area contributed by atoms with Crippen molar-refractivity contribution in [3.05, 3.63) is 11.7 Å². The predicted molar refractivity (Wildman–Crippen MR) is 66.5 cm³/mol. The van der Waals surface area contributed by atoms with Crippen molar-refractivity contribution in [2.75, 3.05) is 25.2 Å². The van der Waals surface area contributed by atoms with Crippen LogP contribution in [0.2, 0.25) is 0 Å².